The first-order chi connectivity index (χ1) is 36.7. The molecule has 2 aliphatic heterocycles. The van der Waals surface area contributed by atoms with Crippen LogP contribution in [0.15, 0.2) is 186 Å². The zero-order valence-corrected chi connectivity index (χ0v) is 38.8. The third-order valence-corrected chi connectivity index (χ3v) is 13.3. The van der Waals surface area contributed by atoms with Gasteiger partial charge in [0.1, 0.15) is 11.3 Å². The molecule has 3 heterocycles. The molecular formula is C62H57BN2O. The number of furan rings is 1. The van der Waals surface area contributed by atoms with E-state index in [2.05, 4.69) is 106 Å². The molecule has 11 rings (SSSR count). The first kappa shape index (κ1) is 30.2. The molecule has 0 radical (unpaired) electrons. The molecule has 2 aliphatic rings. The van der Waals surface area contributed by atoms with E-state index in [0.29, 0.717) is 16.8 Å². The van der Waals surface area contributed by atoms with Crippen LogP contribution in [0.2, 0.25) is 0 Å². The fraction of sp³-hybridized carbons (Fsp3) is 0.194. The molecule has 0 spiro atoms. The van der Waals surface area contributed by atoms with Gasteiger partial charge in [0, 0.05) is 44.7 Å². The largest absolute Gasteiger partial charge is 0.456 e. The number of anilines is 6. The number of benzene rings is 8. The van der Waals surface area contributed by atoms with Crippen molar-refractivity contribution in [2.45, 2.75) is 78.6 Å². The monoisotopic (exact) mass is 869 g/mol. The van der Waals surface area contributed by atoms with Crippen molar-refractivity contribution in [1.82, 2.24) is 0 Å². The van der Waals surface area contributed by atoms with Gasteiger partial charge >= 0.3 is 0 Å². The molecule has 8 aromatic carbocycles. The summed E-state index contributed by atoms with van der Waals surface area (Å²) in [6, 6.07) is 31.8. The van der Waals surface area contributed by atoms with Crippen LogP contribution in [0.5, 0.6) is 0 Å². The van der Waals surface area contributed by atoms with Gasteiger partial charge in [0.2, 0.25) is 0 Å². The predicted molar refractivity (Wildman–Crippen MR) is 282 cm³/mol. The van der Waals surface area contributed by atoms with E-state index < -0.39 is 71.2 Å². The van der Waals surface area contributed by atoms with E-state index >= 15 is 0 Å². The molecule has 0 saturated heterocycles. The first-order valence-electron chi connectivity index (χ1n) is 28.6. The van der Waals surface area contributed by atoms with Gasteiger partial charge in [-0.05, 0) is 122 Å². The Bertz CT molecular complexity index is 3970. The highest BCUT2D eigenvalue weighted by molar-refractivity contribution is 7.00. The van der Waals surface area contributed by atoms with Crippen molar-refractivity contribution in [3.05, 3.63) is 210 Å². The van der Waals surface area contributed by atoms with E-state index in [-0.39, 0.29) is 69.0 Å². The van der Waals surface area contributed by atoms with E-state index in [1.54, 1.807) is 4.90 Å². The molecule has 1 aromatic heterocycles. The fourth-order valence-electron chi connectivity index (χ4n) is 9.69. The van der Waals surface area contributed by atoms with Gasteiger partial charge < -0.3 is 14.2 Å². The van der Waals surface area contributed by atoms with Gasteiger partial charge in [-0.25, -0.2) is 0 Å². The van der Waals surface area contributed by atoms with Gasteiger partial charge in [0.15, 0.2) is 0 Å². The van der Waals surface area contributed by atoms with E-state index in [0.717, 1.165) is 50.2 Å². The number of hydrogen-bond acceptors (Lipinski definition) is 3. The Hall–Kier alpha value is -7.04. The van der Waals surface area contributed by atoms with Crippen molar-refractivity contribution < 1.29 is 20.9 Å². The second-order valence-electron chi connectivity index (χ2n) is 20.2. The number of rotatable bonds is 6. The standard InChI is InChI=1S/C62H57BN2O/c1-40-35-54-58-55(36-40)65(52-33-28-45(61(5,6)7)37-48(52)41-19-13-10-14-20-41)53-38-46(62(8,9)44-23-17-12-18-24-44)27-31-50(53)63(58)51-32-34-56-49(39-57(66-56)42-21-15-11-16-22-42)59(51)64(54)47-29-25-43(26-30-47)60(2,3)4/h10-39H,1-9H3/i11D,15D,16D,21D,22D,25D,26D,29D,30D,32D,34D,39D. The minimum atomic E-state index is -0.862. The highest BCUT2D eigenvalue weighted by atomic mass is 16.3. The van der Waals surface area contributed by atoms with Crippen molar-refractivity contribution in [3.8, 4) is 22.5 Å². The van der Waals surface area contributed by atoms with Crippen molar-refractivity contribution >= 4 is 68.2 Å². The van der Waals surface area contributed by atoms with Crippen LogP contribution in [-0.2, 0) is 16.2 Å². The molecule has 9 aromatic rings. The molecule has 0 unspecified atom stereocenters. The molecule has 0 aliphatic carbocycles. The summed E-state index contributed by atoms with van der Waals surface area (Å²) in [4.78, 5) is 3.85. The van der Waals surface area contributed by atoms with Gasteiger partial charge in [0.25, 0.3) is 6.71 Å². The lowest BCUT2D eigenvalue weighted by Gasteiger charge is -2.45. The second kappa shape index (κ2) is 15.3. The van der Waals surface area contributed by atoms with Crippen molar-refractivity contribution in [2.75, 3.05) is 9.80 Å². The third kappa shape index (κ3) is 6.80. The van der Waals surface area contributed by atoms with Gasteiger partial charge in [-0.2, -0.15) is 0 Å². The summed E-state index contributed by atoms with van der Waals surface area (Å²) in [5.74, 6) is -0.420. The van der Waals surface area contributed by atoms with Crippen LogP contribution in [0.1, 0.15) is 99.7 Å². The van der Waals surface area contributed by atoms with Crippen LogP contribution >= 0.6 is 0 Å². The van der Waals surface area contributed by atoms with Crippen molar-refractivity contribution in [3.63, 3.8) is 0 Å². The summed E-state index contributed by atoms with van der Waals surface area (Å²) in [5, 5.41) is -0.0618. The minimum Gasteiger partial charge on any atom is -0.456 e. The summed E-state index contributed by atoms with van der Waals surface area (Å²) in [7, 11) is 0. The Morgan fingerprint density at radius 1 is 0.515 bits per heavy atom. The Morgan fingerprint density at radius 3 is 1.85 bits per heavy atom. The van der Waals surface area contributed by atoms with Gasteiger partial charge in [-0.3, -0.25) is 0 Å². The van der Waals surface area contributed by atoms with E-state index in [4.69, 9.17) is 11.3 Å². The fourth-order valence-corrected chi connectivity index (χ4v) is 9.69. The maximum absolute atomic E-state index is 10.3. The summed E-state index contributed by atoms with van der Waals surface area (Å²) < 4.78 is 119. The van der Waals surface area contributed by atoms with E-state index in [1.807, 2.05) is 70.2 Å². The van der Waals surface area contributed by atoms with E-state index in [1.165, 1.54) is 0 Å². The molecule has 0 N–H and O–H groups in total. The Labute approximate surface area is 408 Å². The molecule has 0 atom stereocenters. The first-order valence-corrected chi connectivity index (χ1v) is 22.6. The van der Waals surface area contributed by atoms with Crippen LogP contribution < -0.4 is 26.2 Å². The van der Waals surface area contributed by atoms with Crippen LogP contribution in [0.25, 0.3) is 33.4 Å². The van der Waals surface area contributed by atoms with Gasteiger partial charge in [-0.1, -0.05) is 183 Å². The second-order valence-corrected chi connectivity index (χ2v) is 20.2. The Morgan fingerprint density at radius 2 is 1.17 bits per heavy atom. The summed E-state index contributed by atoms with van der Waals surface area (Å²) in [6.45, 7) is 17.5. The quantitative estimate of drug-likeness (QED) is 0.155. The molecule has 0 fully saturated rings. The normalized spacial score (nSPS) is 16.0. The highest BCUT2D eigenvalue weighted by Gasteiger charge is 2.45. The number of aryl methyl sites for hydroxylation is 1. The predicted octanol–water partition coefficient (Wildman–Crippen LogP) is 15.1. The zero-order chi connectivity index (χ0) is 56.1. The number of nitrogens with zero attached hydrogens (tertiary/aromatic N) is 2. The minimum absolute atomic E-state index is 0.0618. The molecule has 0 bridgehead atoms. The number of fused-ring (bicyclic) bond motifs is 6. The average molecular weight is 869 g/mol. The highest BCUT2D eigenvalue weighted by Crippen LogP contribution is 2.50. The Balaban J connectivity index is 1.34. The van der Waals surface area contributed by atoms with E-state index in [9.17, 15) is 9.60 Å². The Kier molecular flexibility index (Phi) is 7.00. The average Bonchev–Trinajstić information content (AvgIpc) is 3.31. The molecule has 0 amide bonds. The lowest BCUT2D eigenvalue weighted by Crippen LogP contribution is -2.61. The molecule has 3 nitrogen and oxygen atoms in total. The summed E-state index contributed by atoms with van der Waals surface area (Å²) in [6.07, 6.45) is 0. The van der Waals surface area contributed by atoms with Crippen LogP contribution in [0, 0.1) is 6.92 Å². The maximum Gasteiger partial charge on any atom is 0.252 e. The van der Waals surface area contributed by atoms with Gasteiger partial charge in [0.05, 0.1) is 27.8 Å². The molecule has 4 heteroatoms. The smallest absolute Gasteiger partial charge is 0.252 e. The van der Waals surface area contributed by atoms with Crippen LogP contribution in [-0.4, -0.2) is 6.71 Å². The van der Waals surface area contributed by atoms with Gasteiger partial charge in [-0.15, -0.1) is 0 Å². The number of hydrogen-bond donors (Lipinski definition) is 0. The summed E-state index contributed by atoms with van der Waals surface area (Å²) >= 11 is 0. The van der Waals surface area contributed by atoms with Crippen LogP contribution in [0.3, 0.4) is 0 Å². The lowest BCUT2D eigenvalue weighted by atomic mass is 9.33. The molecular weight excluding hydrogens is 800 g/mol. The SMILES string of the molecule is [2H]c1c([2H])c([2H])c(-c2oc3c([2H])c([2H])c4c(c3c2[2H])N(c2c([2H])c([2H])c(C(C)(C)C)c([2H])c2[2H])c2cc(C)cc3c2B4c2ccc(C(C)(C)c4ccccc4)cc2N3c2ccc(C(C)(C)C)cc2-c2ccccc2)c([2H])c1[2H]. The van der Waals surface area contributed by atoms with Crippen molar-refractivity contribution in [1.29, 1.82) is 0 Å². The molecule has 324 valence electrons. The van der Waals surface area contributed by atoms with Crippen LogP contribution in [0.4, 0.5) is 34.1 Å². The third-order valence-electron chi connectivity index (χ3n) is 13.3. The molecule has 66 heavy (non-hydrogen) atoms. The summed E-state index contributed by atoms with van der Waals surface area (Å²) in [5.41, 5.74) is 8.19. The zero-order valence-electron chi connectivity index (χ0n) is 50.8. The lowest BCUT2D eigenvalue weighted by molar-refractivity contribution is 0.590. The topological polar surface area (TPSA) is 19.6 Å². The molecule has 0 saturated carbocycles. The maximum atomic E-state index is 10.3. The van der Waals surface area contributed by atoms with Crippen molar-refractivity contribution in [2.24, 2.45) is 0 Å².